The zero-order valence-corrected chi connectivity index (χ0v) is 18.3. The summed E-state index contributed by atoms with van der Waals surface area (Å²) in [6.45, 7) is 0.116. The van der Waals surface area contributed by atoms with Crippen LogP contribution in [0, 0.1) is 5.82 Å². The average molecular weight is 461 g/mol. The van der Waals surface area contributed by atoms with Gasteiger partial charge in [0.2, 0.25) is 0 Å². The number of carboxylic acids is 1. The van der Waals surface area contributed by atoms with Gasteiger partial charge in [-0.1, -0.05) is 42.5 Å². The lowest BCUT2D eigenvalue weighted by Crippen LogP contribution is -2.23. The number of benzene rings is 3. The van der Waals surface area contributed by atoms with Crippen molar-refractivity contribution in [3.63, 3.8) is 0 Å². The van der Waals surface area contributed by atoms with Crippen LogP contribution in [-0.4, -0.2) is 29.0 Å². The van der Waals surface area contributed by atoms with E-state index < -0.39 is 5.97 Å². The lowest BCUT2D eigenvalue weighted by Gasteiger charge is -2.08. The van der Waals surface area contributed by atoms with Gasteiger partial charge in [0, 0.05) is 12.6 Å². The molecule has 3 aromatic carbocycles. The summed E-state index contributed by atoms with van der Waals surface area (Å²) in [4.78, 5) is 30.0. The summed E-state index contributed by atoms with van der Waals surface area (Å²) in [5.74, 6) is -1.24. The Bertz CT molecular complexity index is 1270. The fourth-order valence-electron chi connectivity index (χ4n) is 3.05. The molecule has 33 heavy (non-hydrogen) atoms. The lowest BCUT2D eigenvalue weighted by molar-refractivity contribution is -0.255. The lowest BCUT2D eigenvalue weighted by atomic mass is 10.2. The van der Waals surface area contributed by atoms with Crippen LogP contribution in [-0.2, 0) is 11.4 Å². The molecule has 0 spiro atoms. The number of rotatable bonds is 6. The van der Waals surface area contributed by atoms with Crippen LogP contribution >= 0.6 is 11.8 Å². The van der Waals surface area contributed by atoms with Crippen molar-refractivity contribution in [3.05, 3.63) is 100 Å². The van der Waals surface area contributed by atoms with Gasteiger partial charge in [-0.2, -0.15) is 0 Å². The van der Waals surface area contributed by atoms with E-state index in [0.29, 0.717) is 27.1 Å². The number of aromatic carboxylic acids is 1. The Morgan fingerprint density at radius 1 is 1.12 bits per heavy atom. The number of hydrogen-bond donors (Lipinski definition) is 0. The van der Waals surface area contributed by atoms with Crippen LogP contribution in [0.3, 0.4) is 0 Å². The summed E-state index contributed by atoms with van der Waals surface area (Å²) < 4.78 is 19.4. The van der Waals surface area contributed by atoms with E-state index in [-0.39, 0.29) is 23.9 Å². The van der Waals surface area contributed by atoms with E-state index in [0.717, 1.165) is 5.56 Å². The molecular formula is C25H18FN2O4S-. The van der Waals surface area contributed by atoms with Crippen molar-refractivity contribution in [1.82, 2.24) is 4.90 Å². The number of aliphatic imine (C=N–C) groups is 1. The minimum absolute atomic E-state index is 0.0157. The highest BCUT2D eigenvalue weighted by Crippen LogP contribution is 2.33. The molecule has 0 saturated carbocycles. The quantitative estimate of drug-likeness (QED) is 0.518. The first-order valence-corrected chi connectivity index (χ1v) is 10.8. The molecule has 6 nitrogen and oxygen atoms in total. The summed E-state index contributed by atoms with van der Waals surface area (Å²) in [6, 6.07) is 19.6. The Morgan fingerprint density at radius 2 is 1.88 bits per heavy atom. The van der Waals surface area contributed by atoms with Gasteiger partial charge in [-0.15, -0.1) is 0 Å². The maximum Gasteiger partial charge on any atom is 0.266 e. The molecule has 0 N–H and O–H groups in total. The number of thioether (sulfide) groups is 1. The summed E-state index contributed by atoms with van der Waals surface area (Å²) in [6.07, 6.45) is 1.74. The van der Waals surface area contributed by atoms with Crippen molar-refractivity contribution >= 4 is 40.6 Å². The smallest absolute Gasteiger partial charge is 0.266 e. The molecule has 1 aliphatic rings. The van der Waals surface area contributed by atoms with Crippen molar-refractivity contribution < 1.29 is 23.8 Å². The Morgan fingerprint density at radius 3 is 2.61 bits per heavy atom. The molecule has 0 aromatic heterocycles. The predicted molar refractivity (Wildman–Crippen MR) is 123 cm³/mol. The topological polar surface area (TPSA) is 82.0 Å². The highest BCUT2D eigenvalue weighted by Gasteiger charge is 2.30. The summed E-state index contributed by atoms with van der Waals surface area (Å²) in [5, 5.41) is 11.5. The Hall–Kier alpha value is -3.91. The van der Waals surface area contributed by atoms with Crippen molar-refractivity contribution in [3.8, 4) is 5.75 Å². The number of carbonyl (C=O) groups is 2. The third kappa shape index (κ3) is 5.30. The zero-order valence-electron chi connectivity index (χ0n) is 17.5. The number of amides is 1. The number of nitrogens with zero attached hydrogens (tertiary/aromatic N) is 2. The molecule has 1 saturated heterocycles. The highest BCUT2D eigenvalue weighted by atomic mass is 32.2. The van der Waals surface area contributed by atoms with E-state index in [2.05, 4.69) is 4.99 Å². The molecular weight excluding hydrogens is 443 g/mol. The van der Waals surface area contributed by atoms with Gasteiger partial charge in [-0.3, -0.25) is 9.69 Å². The van der Waals surface area contributed by atoms with Gasteiger partial charge < -0.3 is 14.6 Å². The Labute approximate surface area is 194 Å². The van der Waals surface area contributed by atoms with E-state index in [4.69, 9.17) is 4.74 Å². The van der Waals surface area contributed by atoms with Gasteiger partial charge in [0.05, 0.1) is 16.6 Å². The molecule has 1 aliphatic heterocycles. The molecule has 1 fully saturated rings. The van der Waals surface area contributed by atoms with Gasteiger partial charge >= 0.3 is 0 Å². The maximum absolute atomic E-state index is 13.7. The van der Waals surface area contributed by atoms with Crippen LogP contribution in [0.1, 0.15) is 21.5 Å². The van der Waals surface area contributed by atoms with Gasteiger partial charge in [-0.05, 0) is 59.3 Å². The first kappa shape index (κ1) is 22.3. The number of amidine groups is 1. The first-order valence-electron chi connectivity index (χ1n) is 9.95. The molecule has 4 rings (SSSR count). The number of hydrogen-bond acceptors (Lipinski definition) is 6. The van der Waals surface area contributed by atoms with Crippen LogP contribution in [0.5, 0.6) is 5.75 Å². The molecule has 0 radical (unpaired) electrons. The molecule has 0 unspecified atom stereocenters. The van der Waals surface area contributed by atoms with Crippen LogP contribution in [0.4, 0.5) is 10.1 Å². The van der Waals surface area contributed by atoms with Crippen molar-refractivity contribution in [2.45, 2.75) is 6.61 Å². The van der Waals surface area contributed by atoms with Crippen LogP contribution in [0.15, 0.2) is 82.7 Å². The molecule has 1 amide bonds. The maximum atomic E-state index is 13.7. The fraction of sp³-hybridized carbons (Fsp3) is 0.0800. The van der Waals surface area contributed by atoms with Gasteiger partial charge in [0.1, 0.15) is 18.2 Å². The van der Waals surface area contributed by atoms with Crippen molar-refractivity contribution in [2.24, 2.45) is 4.99 Å². The van der Waals surface area contributed by atoms with Gasteiger partial charge in [0.25, 0.3) is 5.91 Å². The van der Waals surface area contributed by atoms with Crippen LogP contribution in [0.2, 0.25) is 0 Å². The predicted octanol–water partition coefficient (Wildman–Crippen LogP) is 4.00. The second-order valence-corrected chi connectivity index (χ2v) is 8.17. The monoisotopic (exact) mass is 461 g/mol. The minimum atomic E-state index is -1.29. The average Bonchev–Trinajstić information content (AvgIpc) is 3.07. The number of halogens is 1. The van der Waals surface area contributed by atoms with Crippen LogP contribution < -0.4 is 9.84 Å². The Kier molecular flexibility index (Phi) is 6.55. The number of ether oxygens (including phenoxy) is 1. The first-order chi connectivity index (χ1) is 15.9. The number of carbonyl (C=O) groups excluding carboxylic acids is 2. The SMILES string of the molecule is CN1C(=O)/C(=C/c2ccc(OCc3ccccc3F)cc2)SC1=Nc1cccc(C(=O)[O-])c1. The molecule has 0 atom stereocenters. The molecule has 3 aromatic rings. The minimum Gasteiger partial charge on any atom is -0.545 e. The van der Waals surface area contributed by atoms with Gasteiger partial charge in [0.15, 0.2) is 5.17 Å². The van der Waals surface area contributed by atoms with Crippen molar-refractivity contribution in [2.75, 3.05) is 7.05 Å². The third-order valence-corrected chi connectivity index (χ3v) is 5.90. The molecule has 1 heterocycles. The largest absolute Gasteiger partial charge is 0.545 e. The standard InChI is InChI=1S/C25H19FN2O4S/c1-28-23(29)22(33-25(28)27-19-7-4-6-17(14-19)24(30)31)13-16-9-11-20(12-10-16)32-15-18-5-2-3-8-21(18)26/h2-14H,15H2,1H3,(H,30,31)/p-1/b22-13-,27-25?. The van der Waals surface area contributed by atoms with Gasteiger partial charge in [-0.25, -0.2) is 9.38 Å². The second-order valence-electron chi connectivity index (χ2n) is 7.16. The van der Waals surface area contributed by atoms with Crippen molar-refractivity contribution in [1.29, 1.82) is 0 Å². The molecule has 166 valence electrons. The van der Waals surface area contributed by atoms with E-state index in [9.17, 15) is 19.1 Å². The Balaban J connectivity index is 1.46. The third-order valence-electron chi connectivity index (χ3n) is 4.84. The number of likely N-dealkylation sites (N-methyl/N-ethyl adjacent to an activating group) is 1. The summed E-state index contributed by atoms with van der Waals surface area (Å²) >= 11 is 1.20. The summed E-state index contributed by atoms with van der Waals surface area (Å²) in [7, 11) is 1.61. The highest BCUT2D eigenvalue weighted by molar-refractivity contribution is 8.18. The van der Waals surface area contributed by atoms with E-state index in [1.165, 1.54) is 34.9 Å². The number of carboxylic acid groups (broad SMARTS) is 1. The zero-order chi connectivity index (χ0) is 23.4. The summed E-state index contributed by atoms with van der Waals surface area (Å²) in [5.41, 5.74) is 1.69. The normalized spacial score (nSPS) is 15.9. The molecule has 0 bridgehead atoms. The fourth-order valence-corrected chi connectivity index (χ4v) is 4.04. The second kappa shape index (κ2) is 9.70. The van der Waals surface area contributed by atoms with E-state index in [1.807, 2.05) is 0 Å². The molecule has 0 aliphatic carbocycles. The van der Waals surface area contributed by atoms with E-state index >= 15 is 0 Å². The van der Waals surface area contributed by atoms with E-state index in [1.54, 1.807) is 67.7 Å². The van der Waals surface area contributed by atoms with Crippen LogP contribution in [0.25, 0.3) is 6.08 Å². The molecule has 8 heteroatoms.